The minimum absolute atomic E-state index is 0.124. The summed E-state index contributed by atoms with van der Waals surface area (Å²) in [5.74, 6) is -0.406. The van der Waals surface area contributed by atoms with Crippen LogP contribution in [0.2, 0.25) is 5.02 Å². The molecule has 4 N–H and O–H groups in total. The molecule has 0 spiro atoms. The Morgan fingerprint density at radius 2 is 1.62 bits per heavy atom. The number of ether oxygens (including phenoxy) is 1. The predicted molar refractivity (Wildman–Crippen MR) is 199 cm³/mol. The van der Waals surface area contributed by atoms with Crippen LogP contribution in [-0.2, 0) is 16.1 Å². The number of hydrogen-bond acceptors (Lipinski definition) is 8. The number of anilines is 2. The van der Waals surface area contributed by atoms with Gasteiger partial charge < -0.3 is 25.6 Å². The number of piperidine rings is 1. The molecule has 11 nitrogen and oxygen atoms in total. The van der Waals surface area contributed by atoms with Gasteiger partial charge in [-0.25, -0.2) is 0 Å². The molecule has 3 aromatic rings. The number of carbonyl (C=O) groups is 4. The second kappa shape index (κ2) is 14.9. The lowest BCUT2D eigenvalue weighted by Gasteiger charge is -2.63. The van der Waals surface area contributed by atoms with Crippen LogP contribution in [0.1, 0.15) is 91.6 Å². The first-order valence-corrected chi connectivity index (χ1v) is 18.2. The quantitative estimate of drug-likeness (QED) is 0.119. The first kappa shape index (κ1) is 36.7. The van der Waals surface area contributed by atoms with E-state index in [1.165, 1.54) is 0 Å². The summed E-state index contributed by atoms with van der Waals surface area (Å²) in [6.07, 6.45) is 3.38. The van der Waals surface area contributed by atoms with Gasteiger partial charge in [0.25, 0.3) is 11.8 Å². The van der Waals surface area contributed by atoms with Crippen molar-refractivity contribution in [1.29, 1.82) is 5.26 Å². The number of nitriles is 1. The summed E-state index contributed by atoms with van der Waals surface area (Å²) >= 11 is 6.22. The molecule has 1 unspecified atom stereocenters. The van der Waals surface area contributed by atoms with Gasteiger partial charge in [0.05, 0.1) is 10.6 Å². The average Bonchev–Trinajstić information content (AvgIpc) is 3.43. The Labute approximate surface area is 309 Å². The van der Waals surface area contributed by atoms with Crippen molar-refractivity contribution in [2.24, 2.45) is 10.8 Å². The number of halogens is 1. The Hall–Kier alpha value is -5.08. The molecule has 1 saturated heterocycles. The van der Waals surface area contributed by atoms with Gasteiger partial charge in [0.15, 0.2) is 0 Å². The lowest BCUT2D eigenvalue weighted by atomic mass is 9.49. The molecule has 0 bridgehead atoms. The molecule has 1 aliphatic carbocycles. The molecular formula is C40H45ClN6O5. The van der Waals surface area contributed by atoms with Gasteiger partial charge in [0.1, 0.15) is 24.0 Å². The number of hydrogen-bond donors (Lipinski definition) is 4. The number of nitrogens with zero attached hydrogens (tertiary/aromatic N) is 2. The largest absolute Gasteiger partial charge is 0.489 e. The van der Waals surface area contributed by atoms with Crippen molar-refractivity contribution in [3.05, 3.63) is 87.9 Å². The number of fused-ring (bicyclic) bond motifs is 1. The van der Waals surface area contributed by atoms with Crippen molar-refractivity contribution in [2.75, 3.05) is 23.7 Å². The highest BCUT2D eigenvalue weighted by Crippen LogP contribution is 2.55. The molecule has 6 rings (SSSR count). The fourth-order valence-corrected chi connectivity index (χ4v) is 8.34. The van der Waals surface area contributed by atoms with Gasteiger partial charge in [-0.15, -0.1) is 0 Å². The fourth-order valence-electron chi connectivity index (χ4n) is 8.13. The summed E-state index contributed by atoms with van der Waals surface area (Å²) in [5.41, 5.74) is 3.67. The minimum Gasteiger partial charge on any atom is -0.489 e. The van der Waals surface area contributed by atoms with Crippen LogP contribution in [0, 0.1) is 22.2 Å². The van der Waals surface area contributed by atoms with Crippen LogP contribution in [0.25, 0.3) is 0 Å². The standard InChI is InChI=1S/C40H45ClN6O5/c1-39(2)37(40(3,4)38(39)52-29-14-10-25(22-42)31(41)21-29)46-34(49)24-8-11-27(12-9-24)43-18-6-5-7-19-44-28-13-15-30-26(20-28)23-47(36(30)51)32-16-17-33(48)45-35(32)50/h8-15,20-21,32,37-38,43-44H,5-7,16-19,23H2,1-4H3,(H,46,49)(H,45,48,50). The Balaban J connectivity index is 0.899. The fraction of sp³-hybridized carbons (Fsp3) is 0.425. The maximum absolute atomic E-state index is 13.3. The van der Waals surface area contributed by atoms with Crippen LogP contribution in [0.5, 0.6) is 5.75 Å². The summed E-state index contributed by atoms with van der Waals surface area (Å²) < 4.78 is 6.34. The van der Waals surface area contributed by atoms with Gasteiger partial charge >= 0.3 is 0 Å². The summed E-state index contributed by atoms with van der Waals surface area (Å²) in [7, 11) is 0. The van der Waals surface area contributed by atoms with E-state index in [1.807, 2.05) is 42.5 Å². The predicted octanol–water partition coefficient (Wildman–Crippen LogP) is 6.28. The van der Waals surface area contributed by atoms with Crippen LogP contribution in [-0.4, -0.2) is 59.8 Å². The molecule has 272 valence electrons. The Morgan fingerprint density at radius 3 is 2.27 bits per heavy atom. The number of unbranched alkanes of at least 4 members (excludes halogenated alkanes) is 2. The van der Waals surface area contributed by atoms with E-state index >= 15 is 0 Å². The van der Waals surface area contributed by atoms with Crippen molar-refractivity contribution in [3.8, 4) is 11.8 Å². The maximum Gasteiger partial charge on any atom is 0.255 e. The second-order valence-corrected chi connectivity index (χ2v) is 15.5. The SMILES string of the molecule is CC1(C)C(NC(=O)c2ccc(NCCCCCNc3ccc4c(c3)CN(C3CCC(=O)NC3=O)C4=O)cc2)C(C)(C)C1Oc1ccc(C#N)c(Cl)c1. The highest BCUT2D eigenvalue weighted by molar-refractivity contribution is 6.31. The van der Waals surface area contributed by atoms with Gasteiger partial charge in [0.2, 0.25) is 11.8 Å². The summed E-state index contributed by atoms with van der Waals surface area (Å²) in [6.45, 7) is 10.3. The number of nitrogens with one attached hydrogen (secondary N) is 4. The smallest absolute Gasteiger partial charge is 0.255 e. The van der Waals surface area contributed by atoms with Crippen molar-refractivity contribution in [2.45, 2.75) is 84.5 Å². The zero-order valence-electron chi connectivity index (χ0n) is 30.0. The number of amides is 4. The Bertz CT molecular complexity index is 1900. The van der Waals surface area contributed by atoms with Gasteiger partial charge in [0, 0.05) is 71.5 Å². The lowest BCUT2D eigenvalue weighted by molar-refractivity contribution is -0.164. The Kier molecular flexibility index (Phi) is 10.5. The summed E-state index contributed by atoms with van der Waals surface area (Å²) in [5, 5.41) is 22.0. The number of imide groups is 1. The lowest BCUT2D eigenvalue weighted by Crippen LogP contribution is -2.74. The summed E-state index contributed by atoms with van der Waals surface area (Å²) in [4.78, 5) is 51.6. The monoisotopic (exact) mass is 724 g/mol. The number of rotatable bonds is 13. The molecule has 0 aromatic heterocycles. The van der Waals surface area contributed by atoms with Gasteiger partial charge in [-0.05, 0) is 85.8 Å². The third-order valence-electron chi connectivity index (χ3n) is 10.6. The van der Waals surface area contributed by atoms with E-state index < -0.39 is 11.9 Å². The van der Waals surface area contributed by atoms with Crippen molar-refractivity contribution >= 4 is 46.6 Å². The highest BCUT2D eigenvalue weighted by Gasteiger charge is 2.64. The van der Waals surface area contributed by atoms with E-state index in [0.29, 0.717) is 40.4 Å². The van der Waals surface area contributed by atoms with E-state index in [0.717, 1.165) is 49.3 Å². The second-order valence-electron chi connectivity index (χ2n) is 15.1. The van der Waals surface area contributed by atoms with Gasteiger partial charge in [-0.2, -0.15) is 5.26 Å². The molecule has 4 amide bonds. The van der Waals surface area contributed by atoms with Crippen LogP contribution in [0.3, 0.4) is 0 Å². The van der Waals surface area contributed by atoms with Crippen molar-refractivity contribution in [1.82, 2.24) is 15.5 Å². The van der Waals surface area contributed by atoms with E-state index in [2.05, 4.69) is 55.0 Å². The minimum atomic E-state index is -0.614. The normalized spacial score (nSPS) is 21.3. The molecule has 2 fully saturated rings. The molecule has 0 radical (unpaired) electrons. The average molecular weight is 725 g/mol. The van der Waals surface area contributed by atoms with Crippen LogP contribution in [0.15, 0.2) is 60.7 Å². The molecule has 2 heterocycles. The number of carbonyl (C=O) groups excluding carboxylic acids is 4. The van der Waals surface area contributed by atoms with Crippen molar-refractivity contribution < 1.29 is 23.9 Å². The van der Waals surface area contributed by atoms with Crippen LogP contribution in [0.4, 0.5) is 11.4 Å². The maximum atomic E-state index is 13.3. The molecule has 12 heteroatoms. The molecular weight excluding hydrogens is 680 g/mol. The van der Waals surface area contributed by atoms with Crippen LogP contribution >= 0.6 is 11.6 Å². The first-order valence-electron chi connectivity index (χ1n) is 17.8. The third kappa shape index (κ3) is 7.44. The molecule has 3 aliphatic rings. The zero-order valence-corrected chi connectivity index (χ0v) is 30.7. The zero-order chi connectivity index (χ0) is 37.2. The van der Waals surface area contributed by atoms with Gasteiger partial charge in [-0.1, -0.05) is 39.3 Å². The summed E-state index contributed by atoms with van der Waals surface area (Å²) in [6, 6.07) is 19.6. The van der Waals surface area contributed by atoms with E-state index in [1.54, 1.807) is 23.1 Å². The van der Waals surface area contributed by atoms with E-state index in [9.17, 15) is 19.2 Å². The highest BCUT2D eigenvalue weighted by atomic mass is 35.5. The first-order chi connectivity index (χ1) is 24.8. The number of benzene rings is 3. The molecule has 52 heavy (non-hydrogen) atoms. The topological polar surface area (TPSA) is 153 Å². The third-order valence-corrected chi connectivity index (χ3v) is 10.9. The van der Waals surface area contributed by atoms with Gasteiger partial charge in [-0.3, -0.25) is 24.5 Å². The Morgan fingerprint density at radius 1 is 0.942 bits per heavy atom. The molecule has 2 aliphatic heterocycles. The van der Waals surface area contributed by atoms with E-state index in [-0.39, 0.29) is 47.1 Å². The molecule has 3 aromatic carbocycles. The van der Waals surface area contributed by atoms with Crippen LogP contribution < -0.4 is 26.0 Å². The molecule has 1 atom stereocenters. The van der Waals surface area contributed by atoms with E-state index in [4.69, 9.17) is 21.6 Å². The van der Waals surface area contributed by atoms with Crippen molar-refractivity contribution in [3.63, 3.8) is 0 Å². The molecule has 1 saturated carbocycles.